The summed E-state index contributed by atoms with van der Waals surface area (Å²) in [5.74, 6) is 0. The molecule has 0 aliphatic heterocycles. The van der Waals surface area contributed by atoms with Crippen molar-refractivity contribution in [1.82, 2.24) is 0 Å². The predicted octanol–water partition coefficient (Wildman–Crippen LogP) is 17.7. The third kappa shape index (κ3) is 6.15. The molecule has 0 saturated heterocycles. The Hall–Kier alpha value is -7.78. The Morgan fingerprint density at radius 1 is 0.210 bits per heavy atom. The largest absolute Gasteiger partial charge is 0.310 e. The Bertz CT molecular complexity index is 3640. The van der Waals surface area contributed by atoms with E-state index in [1.165, 1.54) is 96.3 Å². The van der Waals surface area contributed by atoms with E-state index >= 15 is 0 Å². The van der Waals surface area contributed by atoms with Crippen molar-refractivity contribution in [3.05, 3.63) is 237 Å². The maximum atomic E-state index is 2.46. The molecule has 0 atom stereocenters. The highest BCUT2D eigenvalue weighted by Gasteiger charge is 2.17. The van der Waals surface area contributed by atoms with Crippen molar-refractivity contribution in [2.24, 2.45) is 0 Å². The molecular weight excluding hydrogens is 767 g/mol. The van der Waals surface area contributed by atoms with E-state index in [2.05, 4.69) is 241 Å². The molecule has 0 aliphatic carbocycles. The molecule has 0 fully saturated rings. The summed E-state index contributed by atoms with van der Waals surface area (Å²) in [5.41, 5.74) is 8.07. The van der Waals surface area contributed by atoms with Gasteiger partial charge in [-0.2, -0.15) is 0 Å². The zero-order valence-electron chi connectivity index (χ0n) is 33.9. The molecule has 0 saturated carbocycles. The third-order valence-corrected chi connectivity index (χ3v) is 13.6. The average Bonchev–Trinajstić information content (AvgIpc) is 3.72. The molecule has 0 aliphatic rings. The molecule has 0 radical (unpaired) electrons. The van der Waals surface area contributed by atoms with Crippen LogP contribution in [0.25, 0.3) is 96.3 Å². The van der Waals surface area contributed by atoms with E-state index in [0.717, 1.165) is 17.1 Å². The van der Waals surface area contributed by atoms with Gasteiger partial charge in [0.05, 0.1) is 0 Å². The lowest BCUT2D eigenvalue weighted by Crippen LogP contribution is -2.09. The fraction of sp³-hybridized carbons (Fsp3) is 0. The molecule has 1 heterocycles. The molecule has 12 aromatic rings. The molecule has 1 nitrogen and oxygen atoms in total. The van der Waals surface area contributed by atoms with Crippen LogP contribution in [-0.2, 0) is 0 Å². The van der Waals surface area contributed by atoms with E-state index in [-0.39, 0.29) is 0 Å². The Morgan fingerprint density at radius 2 is 0.565 bits per heavy atom. The van der Waals surface area contributed by atoms with Crippen LogP contribution in [0.3, 0.4) is 0 Å². The van der Waals surface area contributed by atoms with E-state index in [1.54, 1.807) is 0 Å². The van der Waals surface area contributed by atoms with Crippen molar-refractivity contribution < 1.29 is 0 Å². The number of rotatable bonds is 5. The van der Waals surface area contributed by atoms with Gasteiger partial charge in [0.2, 0.25) is 0 Å². The first-order valence-electron chi connectivity index (χ1n) is 21.2. The number of hydrogen-bond acceptors (Lipinski definition) is 2. The Labute approximate surface area is 364 Å². The first-order valence-corrected chi connectivity index (χ1v) is 22.1. The normalized spacial score (nSPS) is 11.5. The Morgan fingerprint density at radius 3 is 1.06 bits per heavy atom. The quantitative estimate of drug-likeness (QED) is 0.167. The van der Waals surface area contributed by atoms with Crippen LogP contribution in [0.1, 0.15) is 0 Å². The zero-order chi connectivity index (χ0) is 41.0. The molecule has 0 amide bonds. The summed E-state index contributed by atoms with van der Waals surface area (Å²) < 4.78 is 2.60. The Kier molecular flexibility index (Phi) is 8.76. The number of thiophene rings is 1. The highest BCUT2D eigenvalue weighted by Crippen LogP contribution is 2.44. The molecule has 290 valence electrons. The fourth-order valence-electron chi connectivity index (χ4n) is 9.52. The average molecular weight is 806 g/mol. The second kappa shape index (κ2) is 15.0. The van der Waals surface area contributed by atoms with E-state index in [0.29, 0.717) is 0 Å². The first-order chi connectivity index (χ1) is 30.7. The van der Waals surface area contributed by atoms with Gasteiger partial charge in [-0.3, -0.25) is 0 Å². The molecule has 2 heteroatoms. The van der Waals surface area contributed by atoms with Crippen LogP contribution in [-0.4, -0.2) is 0 Å². The summed E-state index contributed by atoms with van der Waals surface area (Å²) in [6, 6.07) is 87.0. The smallest absolute Gasteiger partial charge is 0.0468 e. The summed E-state index contributed by atoms with van der Waals surface area (Å²) in [5, 5.41) is 14.8. The molecular formula is C60H39NS. The monoisotopic (exact) mass is 805 g/mol. The molecule has 1 aromatic heterocycles. The van der Waals surface area contributed by atoms with E-state index in [4.69, 9.17) is 0 Å². The molecule has 62 heavy (non-hydrogen) atoms. The van der Waals surface area contributed by atoms with Crippen LogP contribution in [0, 0.1) is 0 Å². The summed E-state index contributed by atoms with van der Waals surface area (Å²) in [6.07, 6.45) is 0. The maximum Gasteiger partial charge on any atom is 0.0468 e. The van der Waals surface area contributed by atoms with Gasteiger partial charge in [0.25, 0.3) is 0 Å². The van der Waals surface area contributed by atoms with Gasteiger partial charge in [-0.1, -0.05) is 182 Å². The lowest BCUT2D eigenvalue weighted by Gasteiger charge is -2.26. The van der Waals surface area contributed by atoms with Crippen molar-refractivity contribution >= 4 is 102 Å². The minimum absolute atomic E-state index is 1.09. The topological polar surface area (TPSA) is 3.24 Å². The molecule has 0 N–H and O–H groups in total. The second-order valence-corrected chi connectivity index (χ2v) is 17.1. The number of hydrogen-bond donors (Lipinski definition) is 0. The van der Waals surface area contributed by atoms with Gasteiger partial charge in [-0.15, -0.1) is 11.3 Å². The summed E-state index contributed by atoms with van der Waals surface area (Å²) >= 11 is 1.88. The first kappa shape index (κ1) is 36.1. The maximum absolute atomic E-state index is 2.46. The van der Waals surface area contributed by atoms with Gasteiger partial charge in [0.1, 0.15) is 0 Å². The van der Waals surface area contributed by atoms with Crippen LogP contribution in [0.4, 0.5) is 17.1 Å². The lowest BCUT2D eigenvalue weighted by molar-refractivity contribution is 1.29. The summed E-state index contributed by atoms with van der Waals surface area (Å²) in [6.45, 7) is 0. The van der Waals surface area contributed by atoms with Gasteiger partial charge in [0.15, 0.2) is 0 Å². The van der Waals surface area contributed by atoms with Crippen molar-refractivity contribution in [1.29, 1.82) is 0 Å². The van der Waals surface area contributed by atoms with Crippen molar-refractivity contribution in [2.45, 2.75) is 0 Å². The number of nitrogens with zero attached hydrogens (tertiary/aromatic N) is 1. The summed E-state index contributed by atoms with van der Waals surface area (Å²) in [7, 11) is 0. The molecule has 11 aromatic carbocycles. The number of benzene rings is 10. The molecule has 0 bridgehead atoms. The summed E-state index contributed by atoms with van der Waals surface area (Å²) in [4.78, 5) is 2.41. The van der Waals surface area contributed by atoms with Gasteiger partial charge < -0.3 is 4.90 Å². The highest BCUT2D eigenvalue weighted by atomic mass is 32.1. The van der Waals surface area contributed by atoms with Crippen LogP contribution in [0.5, 0.6) is 0 Å². The van der Waals surface area contributed by atoms with Crippen molar-refractivity contribution in [2.75, 3.05) is 4.90 Å². The lowest BCUT2D eigenvalue weighted by atomic mass is 9.93. The number of anilines is 3. The fourth-order valence-corrected chi connectivity index (χ4v) is 10.6. The van der Waals surface area contributed by atoms with Gasteiger partial charge in [-0.05, 0) is 131 Å². The minimum atomic E-state index is 1.09. The number of fused-ring (bicyclic) bond motifs is 13. The van der Waals surface area contributed by atoms with E-state index < -0.39 is 0 Å². The van der Waals surface area contributed by atoms with Crippen LogP contribution >= 0.6 is 11.3 Å². The standard InChI is InChI=1S/C60H39NS/c1-3-15-40(16-4-1)42-27-31-44(32-28-42)61(45-33-29-43(30-34-45)41-17-5-2-6-18-41)46-35-36-53-55(37-46)51-23-11-9-21-49(51)47-19-7-8-20-48(47)50-22-10-12-24-52(50)56-38-58-54-25-13-14-26-59(54)62-60(58)39-57(53)56/h1-39H. The van der Waals surface area contributed by atoms with E-state index in [9.17, 15) is 0 Å². The van der Waals surface area contributed by atoms with Crippen molar-refractivity contribution in [3.8, 4) is 22.3 Å². The Balaban J connectivity index is 1.20. The second-order valence-electron chi connectivity index (χ2n) is 16.0. The highest BCUT2D eigenvalue weighted by molar-refractivity contribution is 7.25. The zero-order valence-corrected chi connectivity index (χ0v) is 34.7. The van der Waals surface area contributed by atoms with Gasteiger partial charge in [0, 0.05) is 37.2 Å². The predicted molar refractivity (Wildman–Crippen MR) is 270 cm³/mol. The molecule has 0 spiro atoms. The van der Waals surface area contributed by atoms with Gasteiger partial charge >= 0.3 is 0 Å². The molecule has 12 rings (SSSR count). The van der Waals surface area contributed by atoms with E-state index in [1.807, 2.05) is 11.3 Å². The van der Waals surface area contributed by atoms with Crippen LogP contribution in [0.15, 0.2) is 237 Å². The molecule has 0 unspecified atom stereocenters. The van der Waals surface area contributed by atoms with Crippen molar-refractivity contribution in [3.63, 3.8) is 0 Å². The third-order valence-electron chi connectivity index (χ3n) is 12.5. The van der Waals surface area contributed by atoms with Gasteiger partial charge in [-0.25, -0.2) is 0 Å². The van der Waals surface area contributed by atoms with Crippen LogP contribution in [0.2, 0.25) is 0 Å². The van der Waals surface area contributed by atoms with Crippen LogP contribution < -0.4 is 4.90 Å². The minimum Gasteiger partial charge on any atom is -0.310 e. The SMILES string of the molecule is c1ccc(-c2ccc(N(c3ccc(-c4ccccc4)cc3)c3ccc4c(c3)c3ccccc3c3ccccc3c3ccccc3c3cc5c(cc43)sc3ccccc35)cc2)cc1.